The number of benzene rings is 1. The molecule has 268 valence electrons. The Morgan fingerprint density at radius 1 is 1.08 bits per heavy atom. The monoisotopic (exact) mass is 702 g/mol. The summed E-state index contributed by atoms with van der Waals surface area (Å²) in [5.74, 6) is -2.24. The normalized spacial score (nSPS) is 20.1. The van der Waals surface area contributed by atoms with Crippen LogP contribution in [0, 0.1) is 5.41 Å². The second-order valence-corrected chi connectivity index (χ2v) is 16.8. The maximum Gasteiger partial charge on any atom is 0.408 e. The van der Waals surface area contributed by atoms with Crippen LogP contribution in [0.15, 0.2) is 41.7 Å². The number of aromatic amines is 1. The van der Waals surface area contributed by atoms with Crippen molar-refractivity contribution in [3.8, 4) is 5.88 Å². The second-order valence-electron chi connectivity index (χ2n) is 14.8. The largest absolute Gasteiger partial charge is 0.471 e. The summed E-state index contributed by atoms with van der Waals surface area (Å²) in [6.07, 6.45) is 0.397. The molecule has 1 saturated heterocycles. The molecule has 1 aliphatic carbocycles. The molecule has 16 heteroatoms. The van der Waals surface area contributed by atoms with E-state index in [0.717, 1.165) is 0 Å². The van der Waals surface area contributed by atoms with E-state index in [9.17, 15) is 32.4 Å². The van der Waals surface area contributed by atoms with Gasteiger partial charge < -0.3 is 25.0 Å². The van der Waals surface area contributed by atoms with Crippen molar-refractivity contribution in [1.29, 1.82) is 0 Å². The molecule has 49 heavy (non-hydrogen) atoms. The Kier molecular flexibility index (Phi) is 10.5. The summed E-state index contributed by atoms with van der Waals surface area (Å²) in [6.45, 7) is 15.2. The number of carbonyl (C=O) groups excluding carboxylic acids is 4. The highest BCUT2D eigenvalue weighted by Gasteiger charge is 2.49. The van der Waals surface area contributed by atoms with Crippen molar-refractivity contribution in [2.75, 3.05) is 6.54 Å². The van der Waals surface area contributed by atoms with Gasteiger partial charge in [0.2, 0.25) is 27.7 Å². The zero-order valence-electron chi connectivity index (χ0n) is 28.9. The minimum absolute atomic E-state index is 0.0673. The van der Waals surface area contributed by atoms with Crippen molar-refractivity contribution in [3.05, 3.63) is 47.3 Å². The molecule has 2 fully saturated rings. The van der Waals surface area contributed by atoms with E-state index in [1.807, 2.05) is 0 Å². The molecule has 1 aromatic heterocycles. The van der Waals surface area contributed by atoms with Crippen LogP contribution in [-0.4, -0.2) is 88.5 Å². The molecule has 2 aliphatic rings. The lowest BCUT2D eigenvalue weighted by molar-refractivity contribution is -0.143. The average molecular weight is 703 g/mol. The third-order valence-electron chi connectivity index (χ3n) is 8.21. The van der Waals surface area contributed by atoms with Gasteiger partial charge in [-0.15, -0.1) is 11.7 Å². The third kappa shape index (κ3) is 8.96. The lowest BCUT2D eigenvalue weighted by Gasteiger charge is -2.36. The van der Waals surface area contributed by atoms with Crippen molar-refractivity contribution >= 4 is 44.6 Å². The van der Waals surface area contributed by atoms with Crippen molar-refractivity contribution in [2.45, 2.75) is 109 Å². The van der Waals surface area contributed by atoms with E-state index in [0.29, 0.717) is 23.6 Å². The average Bonchev–Trinajstić information content (AvgIpc) is 3.77. The number of carbonyl (C=O) groups is 4. The molecule has 4 N–H and O–H groups in total. The second kappa shape index (κ2) is 13.8. The highest BCUT2D eigenvalue weighted by atomic mass is 32.2. The fraction of sp³-hybridized carbons (Fsp3) is 0.576. The molecule has 4 amide bonds. The summed E-state index contributed by atoms with van der Waals surface area (Å²) in [5, 5.41) is 11.8. The van der Waals surface area contributed by atoms with Gasteiger partial charge in [-0.05, 0) is 64.5 Å². The van der Waals surface area contributed by atoms with Gasteiger partial charge >= 0.3 is 6.09 Å². The Balaban J connectivity index is 1.67. The molecular formula is C33H46N6O9S. The SMILES string of the molecule is C=CC[C@](C)(NC(=O)[C@H]1C[C@@H](Oc2n[nH]c(=O)c3ccccc23)CN1C(=O)[C@@H](NC(=O)OC(C)(C)C)C(C)(C)C)C(=O)NS(=O)(=O)C1CC1. The fourth-order valence-corrected chi connectivity index (χ4v) is 6.91. The molecule has 15 nitrogen and oxygen atoms in total. The summed E-state index contributed by atoms with van der Waals surface area (Å²) >= 11 is 0. The first-order valence-corrected chi connectivity index (χ1v) is 17.6. The summed E-state index contributed by atoms with van der Waals surface area (Å²) in [6, 6.07) is 4.28. The molecule has 4 atom stereocenters. The first-order valence-electron chi connectivity index (χ1n) is 16.1. The maximum absolute atomic E-state index is 14.3. The number of nitrogens with zero attached hydrogens (tertiary/aromatic N) is 2. The molecule has 4 rings (SSSR count). The number of rotatable bonds is 11. The number of fused-ring (bicyclic) bond motifs is 1. The zero-order valence-corrected chi connectivity index (χ0v) is 29.7. The number of alkyl carbamates (subject to hydrolysis) is 1. The van der Waals surface area contributed by atoms with Crippen LogP contribution >= 0.6 is 0 Å². The third-order valence-corrected chi connectivity index (χ3v) is 10.0. The Bertz CT molecular complexity index is 1790. The standard InChI is InChI=1S/C33H46N6O9S/c1-9-16-33(8,29(43)38-49(45,46)20-14-15-20)35-26(41)23-17-19(47-27-22-13-11-10-12-21(22)25(40)36-37-27)18-39(23)28(42)24(31(2,3)4)34-30(44)48-32(5,6)7/h9-13,19-20,23-24H,1,14-18H2,2-8H3,(H,34,44)(H,35,41)(H,36,40)(H,38,43)/t19-,23-,24-,33+/m1/s1. The van der Waals surface area contributed by atoms with Gasteiger partial charge in [0.05, 0.1) is 22.6 Å². The molecule has 0 bridgehead atoms. The Morgan fingerprint density at radius 3 is 2.29 bits per heavy atom. The highest BCUT2D eigenvalue weighted by Crippen LogP contribution is 2.31. The van der Waals surface area contributed by atoms with E-state index < -0.39 is 79.4 Å². The zero-order chi connectivity index (χ0) is 36.5. The fourth-order valence-electron chi connectivity index (χ4n) is 5.50. The number of ether oxygens (including phenoxy) is 2. The van der Waals surface area contributed by atoms with Crippen LogP contribution in [-0.2, 0) is 29.1 Å². The molecule has 2 heterocycles. The Morgan fingerprint density at radius 2 is 1.71 bits per heavy atom. The number of sulfonamides is 1. The molecule has 1 saturated carbocycles. The lowest BCUT2D eigenvalue weighted by Crippen LogP contribution is -2.62. The molecule has 0 unspecified atom stereocenters. The number of hydrogen-bond donors (Lipinski definition) is 4. The van der Waals surface area contributed by atoms with Crippen molar-refractivity contribution in [1.82, 2.24) is 30.5 Å². The summed E-state index contributed by atoms with van der Waals surface area (Å²) in [7, 11) is -3.94. The van der Waals surface area contributed by atoms with E-state index in [1.165, 1.54) is 17.9 Å². The summed E-state index contributed by atoms with van der Waals surface area (Å²) < 4.78 is 38.9. The van der Waals surface area contributed by atoms with Gasteiger partial charge in [-0.1, -0.05) is 39.0 Å². The summed E-state index contributed by atoms with van der Waals surface area (Å²) in [5.41, 5.74) is -3.86. The van der Waals surface area contributed by atoms with Gasteiger partial charge in [0.1, 0.15) is 29.3 Å². The number of nitrogens with one attached hydrogen (secondary N) is 4. The highest BCUT2D eigenvalue weighted by molar-refractivity contribution is 7.91. The van der Waals surface area contributed by atoms with E-state index in [-0.39, 0.29) is 25.3 Å². The van der Waals surface area contributed by atoms with Crippen molar-refractivity contribution in [3.63, 3.8) is 0 Å². The van der Waals surface area contributed by atoms with Crippen LogP contribution in [0.25, 0.3) is 10.8 Å². The number of amides is 4. The van der Waals surface area contributed by atoms with Gasteiger partial charge in [-0.2, -0.15) is 0 Å². The van der Waals surface area contributed by atoms with E-state index in [1.54, 1.807) is 65.8 Å². The predicted molar refractivity (Wildman–Crippen MR) is 181 cm³/mol. The molecule has 2 aromatic rings. The maximum atomic E-state index is 14.3. The first-order chi connectivity index (χ1) is 22.6. The van der Waals surface area contributed by atoms with E-state index in [4.69, 9.17) is 9.47 Å². The van der Waals surface area contributed by atoms with Crippen LogP contribution in [0.5, 0.6) is 5.88 Å². The van der Waals surface area contributed by atoms with Crippen LogP contribution < -0.4 is 25.7 Å². The predicted octanol–water partition coefficient (Wildman–Crippen LogP) is 2.27. The van der Waals surface area contributed by atoms with E-state index >= 15 is 0 Å². The minimum Gasteiger partial charge on any atom is -0.471 e. The number of H-pyrrole nitrogens is 1. The number of aromatic nitrogens is 2. The summed E-state index contributed by atoms with van der Waals surface area (Å²) in [4.78, 5) is 68.3. The first kappa shape index (κ1) is 37.4. The van der Waals surface area contributed by atoms with Gasteiger partial charge in [-0.25, -0.2) is 18.3 Å². The van der Waals surface area contributed by atoms with Gasteiger partial charge in [0.25, 0.3) is 11.5 Å². The minimum atomic E-state index is -3.94. The van der Waals surface area contributed by atoms with Crippen LogP contribution in [0.3, 0.4) is 0 Å². The van der Waals surface area contributed by atoms with Gasteiger partial charge in [-0.3, -0.25) is 23.9 Å². The molecule has 1 aliphatic heterocycles. The smallest absolute Gasteiger partial charge is 0.408 e. The number of likely N-dealkylation sites (tertiary alicyclic amines) is 1. The van der Waals surface area contributed by atoms with Crippen LogP contribution in [0.1, 0.15) is 74.1 Å². The van der Waals surface area contributed by atoms with Gasteiger partial charge in [0.15, 0.2) is 0 Å². The Labute approximate surface area is 285 Å². The molecule has 0 spiro atoms. The molecule has 0 radical (unpaired) electrons. The molecular weight excluding hydrogens is 656 g/mol. The van der Waals surface area contributed by atoms with E-state index in [2.05, 4.69) is 32.1 Å². The van der Waals surface area contributed by atoms with Crippen molar-refractivity contribution in [2.24, 2.45) is 5.41 Å². The van der Waals surface area contributed by atoms with Crippen molar-refractivity contribution < 1.29 is 37.1 Å². The molecule has 1 aromatic carbocycles. The van der Waals surface area contributed by atoms with Crippen LogP contribution in [0.2, 0.25) is 0 Å². The van der Waals surface area contributed by atoms with Crippen LogP contribution in [0.4, 0.5) is 4.79 Å². The number of hydrogen-bond acceptors (Lipinski definition) is 10. The quantitative estimate of drug-likeness (QED) is 0.251. The van der Waals surface area contributed by atoms with Gasteiger partial charge in [0, 0.05) is 6.42 Å². The lowest BCUT2D eigenvalue weighted by atomic mass is 9.85. The topological polar surface area (TPSA) is 206 Å². The Hall–Kier alpha value is -4.47.